The van der Waals surface area contributed by atoms with Gasteiger partial charge in [0.05, 0.1) is 109 Å². The van der Waals surface area contributed by atoms with E-state index in [1.54, 1.807) is 20.8 Å². The molecule has 0 fully saturated rings. The maximum absolute atomic E-state index is 11.3. The highest BCUT2D eigenvalue weighted by atomic mass is 32.2. The standard InChI is InChI=1S/C10H21NO2.2C9H22NO4P.C9H21NO3S/c1-10(2,3)11(4,5)8-6-7-9(12)13;1-9(2,3)10(4,5)7-8-14-15(11,12)13-6;1-9(2,3)14-15(11,12)13-8-7-10(4,5)6;1-9(2,3)10(4,5)7-6-8-14(11,12)13/h6-8H2,1-5H3;2*7-8H2,1-6H3;6-8H2,1-5H3. The zero-order valence-corrected chi connectivity index (χ0v) is 42.6. The number of likely N-dealkylation sites (N-methyl/N-ethyl adjacent to an activating group) is 2. The number of carboxylic acid groups (broad SMARTS) is 1. The number of phosphoric ester groups is 2. The van der Waals surface area contributed by atoms with Crippen LogP contribution in [0.25, 0.3) is 0 Å². The highest BCUT2D eigenvalue weighted by Gasteiger charge is 2.33. The number of carboxylic acids is 1. The number of nitrogens with zero attached hydrogens (tertiary/aromatic N) is 4. The lowest BCUT2D eigenvalue weighted by Crippen LogP contribution is -2.55. The van der Waals surface area contributed by atoms with E-state index < -0.39 is 37.3 Å². The molecule has 0 aliphatic rings. The number of quaternary nitrogens is 4. The third-order valence-corrected chi connectivity index (χ3v) is 13.2. The number of aliphatic carboxylic acids is 1. The van der Waals surface area contributed by atoms with E-state index in [4.69, 9.17) is 9.05 Å². The largest absolute Gasteiger partial charge is 0.756 e. The number of carbonyl (C=O) groups excluding carboxylic acids is 1. The highest BCUT2D eigenvalue weighted by Crippen LogP contribution is 2.42. The molecular formula is C37H86N4O13P2S. The van der Waals surface area contributed by atoms with Crippen molar-refractivity contribution in [2.24, 2.45) is 0 Å². The van der Waals surface area contributed by atoms with E-state index in [1.165, 1.54) is 0 Å². The van der Waals surface area contributed by atoms with Crippen molar-refractivity contribution in [3.63, 3.8) is 0 Å². The van der Waals surface area contributed by atoms with Crippen LogP contribution in [0.4, 0.5) is 0 Å². The molecule has 2 unspecified atom stereocenters. The van der Waals surface area contributed by atoms with Gasteiger partial charge >= 0.3 is 0 Å². The van der Waals surface area contributed by atoms with Gasteiger partial charge in [0.25, 0.3) is 15.6 Å². The average molecular weight is 889 g/mol. The van der Waals surface area contributed by atoms with Gasteiger partial charge in [-0.25, -0.2) is 8.42 Å². The first-order chi connectivity index (χ1) is 24.6. The van der Waals surface area contributed by atoms with E-state index in [2.05, 4.69) is 85.5 Å². The van der Waals surface area contributed by atoms with Crippen LogP contribution in [0, 0.1) is 0 Å². The van der Waals surface area contributed by atoms with Crippen molar-refractivity contribution in [2.75, 3.05) is 116 Å². The fourth-order valence-electron chi connectivity index (χ4n) is 3.48. The Morgan fingerprint density at radius 1 is 0.596 bits per heavy atom. The maximum atomic E-state index is 11.3. The van der Waals surface area contributed by atoms with E-state index in [0.717, 1.165) is 18.1 Å². The smallest absolute Gasteiger partial charge is 0.268 e. The van der Waals surface area contributed by atoms with Gasteiger partial charge in [0, 0.05) is 31.7 Å². The molecule has 2 atom stereocenters. The molecule has 0 saturated heterocycles. The molecule has 57 heavy (non-hydrogen) atoms. The van der Waals surface area contributed by atoms with Gasteiger partial charge in [0.2, 0.25) is 0 Å². The molecule has 0 saturated carbocycles. The minimum atomic E-state index is -4.16. The van der Waals surface area contributed by atoms with Crippen molar-refractivity contribution in [1.29, 1.82) is 0 Å². The Labute approximate surface area is 349 Å². The number of hydrogen-bond acceptors (Lipinski definition) is 13. The van der Waals surface area contributed by atoms with Crippen LogP contribution in [0.2, 0.25) is 0 Å². The number of carbonyl (C=O) groups is 1. The van der Waals surface area contributed by atoms with E-state index in [9.17, 15) is 41.8 Å². The third-order valence-electron chi connectivity index (χ3n) is 10.2. The summed E-state index contributed by atoms with van der Waals surface area (Å²) < 4.78 is 74.7. The fraction of sp³-hybridized carbons (Fsp3) is 0.973. The maximum Gasteiger partial charge on any atom is 0.268 e. The van der Waals surface area contributed by atoms with Gasteiger partial charge in [-0.15, -0.1) is 0 Å². The zero-order valence-electron chi connectivity index (χ0n) is 40.0. The topological polar surface area (TPSA) is 215 Å². The van der Waals surface area contributed by atoms with E-state index >= 15 is 0 Å². The highest BCUT2D eigenvalue weighted by molar-refractivity contribution is 7.85. The summed E-state index contributed by atoms with van der Waals surface area (Å²) in [7, 11) is 7.08. The normalized spacial score (nSPS) is 15.7. The van der Waals surface area contributed by atoms with Crippen LogP contribution in [-0.4, -0.2) is 175 Å². The van der Waals surface area contributed by atoms with Gasteiger partial charge in [-0.3, -0.25) is 9.13 Å². The second kappa shape index (κ2) is 24.2. The minimum absolute atomic E-state index is 0.0449. The van der Waals surface area contributed by atoms with Crippen LogP contribution in [-0.2, 0) is 42.1 Å². The number of hydrogen-bond donors (Lipinski definition) is 0. The molecule has 348 valence electrons. The molecule has 17 nitrogen and oxygen atoms in total. The van der Waals surface area contributed by atoms with E-state index in [1.807, 2.05) is 49.3 Å². The Balaban J connectivity index is -0.000000329. The van der Waals surface area contributed by atoms with Crippen LogP contribution in [0.3, 0.4) is 0 Å². The summed E-state index contributed by atoms with van der Waals surface area (Å²) in [5.41, 5.74) is -0.476. The van der Waals surface area contributed by atoms with Gasteiger partial charge in [0.15, 0.2) is 0 Å². The van der Waals surface area contributed by atoms with Crippen molar-refractivity contribution in [3.8, 4) is 0 Å². The predicted molar refractivity (Wildman–Crippen MR) is 221 cm³/mol. The van der Waals surface area contributed by atoms with Crippen molar-refractivity contribution in [3.05, 3.63) is 0 Å². The van der Waals surface area contributed by atoms with Gasteiger partial charge in [-0.1, -0.05) is 0 Å². The average Bonchev–Trinajstić information content (AvgIpc) is 2.88. The van der Waals surface area contributed by atoms with Crippen molar-refractivity contribution in [2.45, 2.75) is 125 Å². The molecule has 0 aliphatic carbocycles. The molecule has 0 aliphatic heterocycles. The van der Waals surface area contributed by atoms with E-state index in [0.29, 0.717) is 45.9 Å². The molecule has 0 aromatic carbocycles. The number of rotatable bonds is 18. The predicted octanol–water partition coefficient (Wildman–Crippen LogP) is 3.17. The Morgan fingerprint density at radius 3 is 1.23 bits per heavy atom. The summed E-state index contributed by atoms with van der Waals surface area (Å²) >= 11 is 0. The summed E-state index contributed by atoms with van der Waals surface area (Å²) in [4.78, 5) is 32.4. The van der Waals surface area contributed by atoms with Crippen molar-refractivity contribution >= 4 is 31.7 Å². The van der Waals surface area contributed by atoms with Gasteiger partial charge in [-0.2, -0.15) is 0 Å². The van der Waals surface area contributed by atoms with E-state index in [-0.39, 0.29) is 42.0 Å². The van der Waals surface area contributed by atoms with Crippen LogP contribution in [0.15, 0.2) is 0 Å². The van der Waals surface area contributed by atoms with Gasteiger partial charge in [0.1, 0.15) is 26.3 Å². The molecular weight excluding hydrogens is 802 g/mol. The second-order valence-corrected chi connectivity index (χ2v) is 25.2. The SMILES string of the molecule is CC(C)(C)OP(=O)([O-])OCC[N+](C)(C)C.CC(C)(C)[N+](C)(C)CCCC(=O)[O-].CC(C)(C)[N+](C)(C)CCCS(=O)(=O)[O-].COP(=O)([O-])OCC[N+](C)(C)C(C)(C)C. The Bertz CT molecular complexity index is 1360. The molecule has 0 aromatic heterocycles. The molecule has 0 radical (unpaired) electrons. The molecule has 0 N–H and O–H groups in total. The molecule has 0 spiro atoms. The minimum Gasteiger partial charge on any atom is -0.756 e. The quantitative estimate of drug-likeness (QED) is 0.110. The zero-order chi connectivity index (χ0) is 47.0. The van der Waals surface area contributed by atoms with Crippen molar-refractivity contribution < 1.29 is 77.8 Å². The van der Waals surface area contributed by atoms with Crippen molar-refractivity contribution in [1.82, 2.24) is 0 Å². The second-order valence-electron chi connectivity index (χ2n) is 20.8. The molecule has 20 heteroatoms. The first-order valence-corrected chi connectivity index (χ1v) is 23.7. The van der Waals surface area contributed by atoms with Gasteiger partial charge in [-0.05, 0) is 89.5 Å². The third kappa shape index (κ3) is 35.9. The summed E-state index contributed by atoms with van der Waals surface area (Å²) in [5, 5.41) is 10.2. The molecule has 0 bridgehead atoms. The monoisotopic (exact) mass is 889 g/mol. The van der Waals surface area contributed by atoms with Gasteiger partial charge < -0.3 is 60.3 Å². The fourth-order valence-corrected chi connectivity index (χ4v) is 5.41. The molecule has 0 aromatic rings. The first-order valence-electron chi connectivity index (χ1n) is 19.2. The molecule has 0 heterocycles. The Morgan fingerprint density at radius 2 is 0.930 bits per heavy atom. The first kappa shape index (κ1) is 63.1. The number of phosphoric acid groups is 2. The van der Waals surface area contributed by atoms with Crippen LogP contribution >= 0.6 is 15.6 Å². The summed E-state index contributed by atoms with van der Waals surface area (Å²) in [6, 6.07) is 0. The summed E-state index contributed by atoms with van der Waals surface area (Å²) in [5.74, 6) is -1.21. The van der Waals surface area contributed by atoms with Crippen LogP contribution < -0.4 is 14.9 Å². The Hall–Kier alpha value is -0.560. The summed E-state index contributed by atoms with van der Waals surface area (Å²) in [6.07, 6.45) is 1.28. The van der Waals surface area contributed by atoms with Crippen LogP contribution in [0.5, 0.6) is 0 Å². The van der Waals surface area contributed by atoms with Crippen LogP contribution in [0.1, 0.15) is 102 Å². The molecule has 0 rings (SSSR count). The Kier molecular flexibility index (Phi) is 26.8. The lowest BCUT2D eigenvalue weighted by atomic mass is 10.0. The molecule has 0 amide bonds. The lowest BCUT2D eigenvalue weighted by Gasteiger charge is -2.42. The lowest BCUT2D eigenvalue weighted by molar-refractivity contribution is -0.935. The summed E-state index contributed by atoms with van der Waals surface area (Å²) in [6.45, 7) is 27.1.